The number of aliphatic hydroxyl groups is 1. The molecule has 2 atom stereocenters. The van der Waals surface area contributed by atoms with Crippen molar-refractivity contribution in [1.29, 1.82) is 0 Å². The number of hydrogen-bond donors (Lipinski definition) is 1. The Labute approximate surface area is 192 Å². The molecule has 3 heterocycles. The third-order valence-electron chi connectivity index (χ3n) is 6.20. The summed E-state index contributed by atoms with van der Waals surface area (Å²) in [6.45, 7) is 2.96. The van der Waals surface area contributed by atoms with E-state index in [9.17, 15) is 9.90 Å². The maximum atomic E-state index is 13.3. The molecule has 164 valence electrons. The number of piperidine rings is 1. The smallest absolute Gasteiger partial charge is 0.349 e. The number of likely N-dealkylation sites (N-methyl/N-ethyl adjacent to an activating group) is 1. The molecule has 6 heteroatoms. The highest BCUT2D eigenvalue weighted by Crippen LogP contribution is 2.37. The number of esters is 1. The highest BCUT2D eigenvalue weighted by Gasteiger charge is 2.46. The number of nitrogens with zero attached hydrogens (tertiary/aromatic N) is 1. The number of thiophene rings is 2. The van der Waals surface area contributed by atoms with E-state index in [2.05, 4.69) is 37.4 Å². The normalized spacial score (nSPS) is 21.7. The molecule has 2 aromatic heterocycles. The van der Waals surface area contributed by atoms with Gasteiger partial charge in [0.2, 0.25) is 5.60 Å². The predicted molar refractivity (Wildman–Crippen MR) is 126 cm³/mol. The maximum Gasteiger partial charge on any atom is 0.349 e. The van der Waals surface area contributed by atoms with Crippen LogP contribution in [0.5, 0.6) is 0 Å². The van der Waals surface area contributed by atoms with Crippen LogP contribution in [-0.2, 0) is 21.6 Å². The number of hydrogen-bond acceptors (Lipinski definition) is 5. The summed E-state index contributed by atoms with van der Waals surface area (Å²) in [4.78, 5) is 14.5. The highest BCUT2D eigenvalue weighted by atomic mass is 32.1. The maximum absolute atomic E-state index is 13.3. The molecule has 4 nitrogen and oxygen atoms in total. The van der Waals surface area contributed by atoms with Crippen molar-refractivity contribution >= 4 is 28.6 Å². The minimum Gasteiger partial charge on any atom is -0.454 e. The van der Waals surface area contributed by atoms with Gasteiger partial charge in [0.05, 0.1) is 29.9 Å². The van der Waals surface area contributed by atoms with Gasteiger partial charge in [-0.15, -0.1) is 22.7 Å². The van der Waals surface area contributed by atoms with Crippen LogP contribution in [0.2, 0.25) is 0 Å². The fourth-order valence-corrected chi connectivity index (χ4v) is 6.23. The summed E-state index contributed by atoms with van der Waals surface area (Å²) in [5.41, 5.74) is -0.359. The Balaban J connectivity index is 1.40. The van der Waals surface area contributed by atoms with Crippen LogP contribution < -0.4 is 0 Å². The molecule has 4 rings (SSSR count). The molecule has 1 saturated heterocycles. The molecule has 0 spiro atoms. The third-order valence-corrected chi connectivity index (χ3v) is 8.16. The Hall–Kier alpha value is -1.99. The largest absolute Gasteiger partial charge is 0.454 e. The van der Waals surface area contributed by atoms with Gasteiger partial charge in [-0.3, -0.25) is 0 Å². The Bertz CT molecular complexity index is 922. The molecule has 0 aliphatic carbocycles. The lowest BCUT2D eigenvalue weighted by Crippen LogP contribution is -2.55. The number of rotatable bonds is 8. The van der Waals surface area contributed by atoms with Gasteiger partial charge in [0.1, 0.15) is 6.54 Å². The van der Waals surface area contributed by atoms with Crippen molar-refractivity contribution in [3.8, 4) is 0 Å². The summed E-state index contributed by atoms with van der Waals surface area (Å²) in [7, 11) is 2.26. The predicted octanol–water partition coefficient (Wildman–Crippen LogP) is 4.83. The van der Waals surface area contributed by atoms with E-state index < -0.39 is 11.6 Å². The van der Waals surface area contributed by atoms with Gasteiger partial charge in [-0.05, 0) is 41.3 Å². The molecule has 3 aromatic rings. The highest BCUT2D eigenvalue weighted by molar-refractivity contribution is 7.12. The van der Waals surface area contributed by atoms with Gasteiger partial charge in [-0.25, -0.2) is 4.79 Å². The summed E-state index contributed by atoms with van der Waals surface area (Å²) in [5, 5.41) is 15.2. The number of likely N-dealkylation sites (tertiary alicyclic amines) is 1. The summed E-state index contributed by atoms with van der Waals surface area (Å²) >= 11 is 2.76. The van der Waals surface area contributed by atoms with E-state index >= 15 is 0 Å². The second-order valence-corrected chi connectivity index (χ2v) is 10.6. The molecule has 1 fully saturated rings. The quantitative estimate of drug-likeness (QED) is 0.390. The lowest BCUT2D eigenvalue weighted by molar-refractivity contribution is -0.917. The minimum atomic E-state index is -1.73. The van der Waals surface area contributed by atoms with Crippen LogP contribution in [0.15, 0.2) is 65.4 Å². The monoisotopic (exact) mass is 456 g/mol. The molecular weight excluding hydrogens is 426 g/mol. The van der Waals surface area contributed by atoms with E-state index in [1.165, 1.54) is 28.2 Å². The summed E-state index contributed by atoms with van der Waals surface area (Å²) in [5.74, 6) is -0.555. The standard InChI is InChI=1S/C25H30NO3S2/c1-26(15-5-11-20-9-3-2-4-10-20)16-6-12-21(19-26)29-24(27)25(28,22-13-7-17-30-22)23-14-8-18-31-23/h2-4,7-10,13-14,17-18,21,28H,5-6,11-12,15-16,19H2,1H3/q+1/t21-,26+/m1/s1. The van der Waals surface area contributed by atoms with Crippen molar-refractivity contribution < 1.29 is 19.1 Å². The molecule has 1 aliphatic rings. The molecule has 0 saturated carbocycles. The number of quaternary nitrogens is 1. The Morgan fingerprint density at radius 2 is 1.77 bits per heavy atom. The van der Waals surface area contributed by atoms with Crippen molar-refractivity contribution in [3.63, 3.8) is 0 Å². The average Bonchev–Trinajstić information content (AvgIpc) is 3.49. The Kier molecular flexibility index (Phi) is 6.92. The lowest BCUT2D eigenvalue weighted by Gasteiger charge is -2.41. The van der Waals surface area contributed by atoms with E-state index in [1.807, 2.05) is 22.9 Å². The zero-order valence-corrected chi connectivity index (χ0v) is 19.5. The SMILES string of the molecule is C[N@+]1(CCCc2ccccc2)CCC[C@@H](OC(=O)C(O)(c2cccs2)c2cccs2)C1. The van der Waals surface area contributed by atoms with Crippen LogP contribution in [0.4, 0.5) is 0 Å². The first-order valence-electron chi connectivity index (χ1n) is 10.9. The summed E-state index contributed by atoms with van der Waals surface area (Å²) in [6.07, 6.45) is 3.87. The van der Waals surface area contributed by atoms with Gasteiger partial charge in [0, 0.05) is 12.8 Å². The Morgan fingerprint density at radius 1 is 1.10 bits per heavy atom. The van der Waals surface area contributed by atoms with Gasteiger partial charge >= 0.3 is 5.97 Å². The van der Waals surface area contributed by atoms with Gasteiger partial charge < -0.3 is 14.3 Å². The Morgan fingerprint density at radius 3 is 2.39 bits per heavy atom. The molecular formula is C25H30NO3S2+. The summed E-state index contributed by atoms with van der Waals surface area (Å²) < 4.78 is 6.88. The second kappa shape index (κ2) is 9.65. The van der Waals surface area contributed by atoms with Crippen LogP contribution in [-0.4, -0.2) is 48.3 Å². The van der Waals surface area contributed by atoms with Crippen LogP contribution in [0.25, 0.3) is 0 Å². The van der Waals surface area contributed by atoms with E-state index in [4.69, 9.17) is 4.74 Å². The lowest BCUT2D eigenvalue weighted by atomic mass is 9.99. The number of ether oxygens (including phenoxy) is 1. The second-order valence-electron chi connectivity index (χ2n) is 8.67. The molecule has 0 radical (unpaired) electrons. The fraction of sp³-hybridized carbons (Fsp3) is 0.400. The van der Waals surface area contributed by atoms with Crippen LogP contribution in [0.1, 0.15) is 34.6 Å². The molecule has 0 unspecified atom stereocenters. The van der Waals surface area contributed by atoms with Gasteiger partial charge in [0.15, 0.2) is 6.10 Å². The molecule has 1 aromatic carbocycles. The third kappa shape index (κ3) is 5.09. The van der Waals surface area contributed by atoms with Gasteiger partial charge in [0.25, 0.3) is 0 Å². The number of benzene rings is 1. The van der Waals surface area contributed by atoms with E-state index in [-0.39, 0.29) is 6.10 Å². The number of carbonyl (C=O) groups excluding carboxylic acids is 1. The number of aryl methyl sites for hydroxylation is 1. The van der Waals surface area contributed by atoms with E-state index in [1.54, 1.807) is 12.1 Å². The van der Waals surface area contributed by atoms with Crippen molar-refractivity contribution in [1.82, 2.24) is 0 Å². The molecule has 31 heavy (non-hydrogen) atoms. The van der Waals surface area contributed by atoms with Crippen LogP contribution in [0, 0.1) is 0 Å². The number of carbonyl (C=O) groups is 1. The molecule has 0 amide bonds. The minimum absolute atomic E-state index is 0.172. The fourth-order valence-electron chi connectivity index (χ4n) is 4.51. The van der Waals surface area contributed by atoms with Gasteiger partial charge in [-0.2, -0.15) is 0 Å². The zero-order chi connectivity index (χ0) is 21.7. The molecule has 1 aliphatic heterocycles. The molecule has 0 bridgehead atoms. The topological polar surface area (TPSA) is 46.5 Å². The first-order chi connectivity index (χ1) is 15.0. The zero-order valence-electron chi connectivity index (χ0n) is 17.9. The van der Waals surface area contributed by atoms with Crippen molar-refractivity contribution in [2.75, 3.05) is 26.7 Å². The van der Waals surface area contributed by atoms with Crippen molar-refractivity contribution in [2.45, 2.75) is 37.4 Å². The first kappa shape index (κ1) is 22.2. The van der Waals surface area contributed by atoms with E-state index in [0.29, 0.717) is 9.75 Å². The van der Waals surface area contributed by atoms with Crippen LogP contribution >= 0.6 is 22.7 Å². The first-order valence-corrected chi connectivity index (χ1v) is 12.6. The summed E-state index contributed by atoms with van der Waals surface area (Å²) in [6, 6.07) is 17.9. The van der Waals surface area contributed by atoms with Crippen LogP contribution in [0.3, 0.4) is 0 Å². The van der Waals surface area contributed by atoms with Crippen molar-refractivity contribution in [3.05, 3.63) is 80.7 Å². The average molecular weight is 457 g/mol. The molecule has 1 N–H and O–H groups in total. The van der Waals surface area contributed by atoms with Gasteiger partial charge in [-0.1, -0.05) is 42.5 Å². The van der Waals surface area contributed by atoms with Crippen molar-refractivity contribution in [2.24, 2.45) is 0 Å². The van der Waals surface area contributed by atoms with E-state index in [0.717, 1.165) is 49.8 Å².